The number of hydrogen-bond donors (Lipinski definition) is 1. The summed E-state index contributed by atoms with van der Waals surface area (Å²) in [6, 6.07) is 5.74. The van der Waals surface area contributed by atoms with Crippen molar-refractivity contribution in [1.82, 2.24) is 0 Å². The zero-order chi connectivity index (χ0) is 12.1. The van der Waals surface area contributed by atoms with Crippen molar-refractivity contribution >= 4 is 0 Å². The van der Waals surface area contributed by atoms with E-state index in [1.165, 1.54) is 0 Å². The van der Waals surface area contributed by atoms with Gasteiger partial charge in [-0.2, -0.15) is 5.26 Å². The molecule has 0 unspecified atom stereocenters. The summed E-state index contributed by atoms with van der Waals surface area (Å²) in [7, 11) is 0. The maximum Gasteiger partial charge on any atom is 0.125 e. The highest BCUT2D eigenvalue weighted by Gasteiger charge is 2.06. The molecule has 0 saturated heterocycles. The SMILES string of the molecule is C=C(CN)COc1c(C)cc(C#N)cc1C. The van der Waals surface area contributed by atoms with Crippen LogP contribution in [0.4, 0.5) is 0 Å². The van der Waals surface area contributed by atoms with Crippen LogP contribution in [-0.4, -0.2) is 13.2 Å². The van der Waals surface area contributed by atoms with Crippen molar-refractivity contribution in [1.29, 1.82) is 5.26 Å². The topological polar surface area (TPSA) is 59.0 Å². The molecule has 1 aromatic rings. The fourth-order valence-corrected chi connectivity index (χ4v) is 1.48. The number of nitrogens with two attached hydrogens (primary N) is 1. The molecule has 0 radical (unpaired) electrons. The minimum atomic E-state index is 0.421. The number of ether oxygens (including phenoxy) is 1. The number of nitriles is 1. The molecule has 0 heterocycles. The third kappa shape index (κ3) is 2.85. The van der Waals surface area contributed by atoms with Crippen molar-refractivity contribution in [2.45, 2.75) is 13.8 Å². The first-order valence-electron chi connectivity index (χ1n) is 5.09. The highest BCUT2D eigenvalue weighted by Crippen LogP contribution is 2.24. The van der Waals surface area contributed by atoms with Gasteiger partial charge in [-0.15, -0.1) is 0 Å². The summed E-state index contributed by atoms with van der Waals surface area (Å²) in [6.45, 7) is 8.47. The summed E-state index contributed by atoms with van der Waals surface area (Å²) in [6.07, 6.45) is 0. The molecule has 0 aliphatic heterocycles. The van der Waals surface area contributed by atoms with Gasteiger partial charge in [-0.3, -0.25) is 0 Å². The van der Waals surface area contributed by atoms with Crippen LogP contribution in [0, 0.1) is 25.2 Å². The molecule has 1 aromatic carbocycles. The van der Waals surface area contributed by atoms with Crippen molar-refractivity contribution < 1.29 is 4.74 Å². The van der Waals surface area contributed by atoms with Crippen LogP contribution in [0.5, 0.6) is 5.75 Å². The van der Waals surface area contributed by atoms with Crippen molar-refractivity contribution in [2.75, 3.05) is 13.2 Å². The van der Waals surface area contributed by atoms with Gasteiger partial charge in [0.2, 0.25) is 0 Å². The molecule has 16 heavy (non-hydrogen) atoms. The van der Waals surface area contributed by atoms with Crippen LogP contribution in [0.3, 0.4) is 0 Å². The maximum absolute atomic E-state index is 8.81. The number of rotatable bonds is 4. The normalized spacial score (nSPS) is 9.62. The van der Waals surface area contributed by atoms with Crippen LogP contribution in [0.25, 0.3) is 0 Å². The van der Waals surface area contributed by atoms with Crippen molar-refractivity contribution in [3.8, 4) is 11.8 Å². The van der Waals surface area contributed by atoms with Gasteiger partial charge in [0.05, 0.1) is 11.6 Å². The largest absolute Gasteiger partial charge is 0.489 e. The van der Waals surface area contributed by atoms with E-state index >= 15 is 0 Å². The van der Waals surface area contributed by atoms with Crippen LogP contribution < -0.4 is 10.5 Å². The Kier molecular flexibility index (Phi) is 4.10. The van der Waals surface area contributed by atoms with E-state index in [4.69, 9.17) is 15.7 Å². The molecule has 0 atom stereocenters. The molecule has 3 heteroatoms. The Balaban J connectivity index is 2.89. The standard InChI is InChI=1S/C13H16N2O/c1-9(6-14)8-16-13-10(2)4-12(7-15)5-11(13)3/h4-5H,1,6,8,14H2,2-3H3. The fraction of sp³-hybridized carbons (Fsp3) is 0.308. The van der Waals surface area contributed by atoms with Gasteiger partial charge in [-0.1, -0.05) is 6.58 Å². The summed E-state index contributed by atoms with van der Waals surface area (Å²) in [4.78, 5) is 0. The maximum atomic E-state index is 8.81. The summed E-state index contributed by atoms with van der Waals surface area (Å²) >= 11 is 0. The molecule has 1 rings (SSSR count). The number of nitrogens with zero attached hydrogens (tertiary/aromatic N) is 1. The van der Waals surface area contributed by atoms with Gasteiger partial charge >= 0.3 is 0 Å². The molecule has 0 amide bonds. The average Bonchev–Trinajstić information content (AvgIpc) is 2.27. The second kappa shape index (κ2) is 5.34. The predicted molar refractivity (Wildman–Crippen MR) is 64.3 cm³/mol. The Morgan fingerprint density at radius 1 is 1.44 bits per heavy atom. The van der Waals surface area contributed by atoms with Gasteiger partial charge in [0.1, 0.15) is 12.4 Å². The lowest BCUT2D eigenvalue weighted by molar-refractivity contribution is 0.346. The van der Waals surface area contributed by atoms with Gasteiger partial charge in [0, 0.05) is 6.54 Å². The van der Waals surface area contributed by atoms with Gasteiger partial charge in [0.15, 0.2) is 0 Å². The second-order valence-electron chi connectivity index (χ2n) is 3.79. The van der Waals surface area contributed by atoms with E-state index in [1.54, 1.807) is 0 Å². The monoisotopic (exact) mass is 216 g/mol. The fourth-order valence-electron chi connectivity index (χ4n) is 1.48. The third-order valence-corrected chi connectivity index (χ3v) is 2.30. The molecule has 0 saturated carbocycles. The zero-order valence-corrected chi connectivity index (χ0v) is 9.71. The van der Waals surface area contributed by atoms with Crippen molar-refractivity contribution in [3.05, 3.63) is 41.0 Å². The van der Waals surface area contributed by atoms with E-state index in [0.29, 0.717) is 18.7 Å². The Morgan fingerprint density at radius 3 is 2.44 bits per heavy atom. The first-order valence-corrected chi connectivity index (χ1v) is 5.09. The van der Waals surface area contributed by atoms with E-state index in [-0.39, 0.29) is 0 Å². The minimum absolute atomic E-state index is 0.421. The first kappa shape index (κ1) is 12.3. The van der Waals surface area contributed by atoms with E-state index in [0.717, 1.165) is 22.4 Å². The lowest BCUT2D eigenvalue weighted by Gasteiger charge is -2.13. The second-order valence-corrected chi connectivity index (χ2v) is 3.79. The van der Waals surface area contributed by atoms with Crippen LogP contribution in [-0.2, 0) is 0 Å². The Morgan fingerprint density at radius 2 is 2.00 bits per heavy atom. The van der Waals surface area contributed by atoms with Crippen molar-refractivity contribution in [2.24, 2.45) is 5.73 Å². The molecule has 0 aromatic heterocycles. The Bertz CT molecular complexity index is 421. The van der Waals surface area contributed by atoms with E-state index in [9.17, 15) is 0 Å². The lowest BCUT2D eigenvalue weighted by atomic mass is 10.1. The smallest absolute Gasteiger partial charge is 0.125 e. The average molecular weight is 216 g/mol. The van der Waals surface area contributed by atoms with Crippen LogP contribution in [0.15, 0.2) is 24.3 Å². The van der Waals surface area contributed by atoms with E-state index < -0.39 is 0 Å². The minimum Gasteiger partial charge on any atom is -0.489 e. The first-order chi connectivity index (χ1) is 7.58. The number of benzene rings is 1. The molecular formula is C13H16N2O. The summed E-state index contributed by atoms with van der Waals surface area (Å²) < 4.78 is 5.63. The van der Waals surface area contributed by atoms with E-state index in [1.807, 2.05) is 26.0 Å². The molecule has 0 aliphatic rings. The van der Waals surface area contributed by atoms with Crippen LogP contribution >= 0.6 is 0 Å². The third-order valence-electron chi connectivity index (χ3n) is 2.30. The summed E-state index contributed by atoms with van der Waals surface area (Å²) in [5.74, 6) is 0.814. The molecule has 0 fully saturated rings. The molecule has 0 spiro atoms. The Hall–Kier alpha value is -1.79. The van der Waals surface area contributed by atoms with Gasteiger partial charge in [-0.25, -0.2) is 0 Å². The highest BCUT2D eigenvalue weighted by molar-refractivity contribution is 5.47. The Labute approximate surface area is 96.1 Å². The molecular weight excluding hydrogens is 200 g/mol. The molecule has 0 bridgehead atoms. The molecule has 84 valence electrons. The molecule has 0 aliphatic carbocycles. The predicted octanol–water partition coefficient (Wildman–Crippen LogP) is 2.07. The van der Waals surface area contributed by atoms with Gasteiger partial charge in [-0.05, 0) is 42.7 Å². The molecule has 2 N–H and O–H groups in total. The van der Waals surface area contributed by atoms with Crippen LogP contribution in [0.1, 0.15) is 16.7 Å². The van der Waals surface area contributed by atoms with Crippen LogP contribution in [0.2, 0.25) is 0 Å². The summed E-state index contributed by atoms with van der Waals surface area (Å²) in [5.41, 5.74) is 8.86. The van der Waals surface area contributed by atoms with E-state index in [2.05, 4.69) is 12.6 Å². The highest BCUT2D eigenvalue weighted by atomic mass is 16.5. The van der Waals surface area contributed by atoms with Gasteiger partial charge < -0.3 is 10.5 Å². The number of hydrogen-bond acceptors (Lipinski definition) is 3. The quantitative estimate of drug-likeness (QED) is 0.784. The van der Waals surface area contributed by atoms with Gasteiger partial charge in [0.25, 0.3) is 0 Å². The summed E-state index contributed by atoms with van der Waals surface area (Å²) in [5, 5.41) is 8.81. The van der Waals surface area contributed by atoms with Crippen molar-refractivity contribution in [3.63, 3.8) is 0 Å². The number of aryl methyl sites for hydroxylation is 2. The molecule has 3 nitrogen and oxygen atoms in total. The lowest BCUT2D eigenvalue weighted by Crippen LogP contribution is -2.11. The zero-order valence-electron chi connectivity index (χ0n) is 9.71.